The maximum atomic E-state index is 12.7. The topological polar surface area (TPSA) is 37.3 Å². The highest BCUT2D eigenvalue weighted by Gasteiger charge is 2.41. The number of nitrogens with one attached hydrogen (secondary N) is 1. The highest BCUT2D eigenvalue weighted by atomic mass is 35.5. The summed E-state index contributed by atoms with van der Waals surface area (Å²) >= 11 is 1.66. The van der Waals surface area contributed by atoms with Gasteiger partial charge in [0.15, 0.2) is 5.43 Å². The third kappa shape index (κ3) is 3.56. The van der Waals surface area contributed by atoms with Crippen molar-refractivity contribution in [1.29, 1.82) is 0 Å². The van der Waals surface area contributed by atoms with E-state index in [0.717, 1.165) is 43.0 Å². The SMILES string of the molecule is Cl.Cn1cc(CN2CCNCC23CCCC3)c(=O)cc1-c1ccsc1. The Balaban J connectivity index is 0.00000182. The van der Waals surface area contributed by atoms with Crippen molar-refractivity contribution in [3.05, 3.63) is 44.9 Å². The highest BCUT2D eigenvalue weighted by molar-refractivity contribution is 7.08. The van der Waals surface area contributed by atoms with E-state index in [0.29, 0.717) is 0 Å². The van der Waals surface area contributed by atoms with Gasteiger partial charge in [0.2, 0.25) is 0 Å². The first-order valence-electron chi connectivity index (χ1n) is 8.86. The van der Waals surface area contributed by atoms with Crippen LogP contribution in [0, 0.1) is 0 Å². The zero-order chi connectivity index (χ0) is 16.6. The minimum atomic E-state index is 0. The van der Waals surface area contributed by atoms with Crippen LogP contribution in [0.2, 0.25) is 0 Å². The van der Waals surface area contributed by atoms with Crippen LogP contribution in [-0.2, 0) is 13.6 Å². The quantitative estimate of drug-likeness (QED) is 0.889. The first-order valence-corrected chi connectivity index (χ1v) is 9.80. The first kappa shape index (κ1) is 18.6. The largest absolute Gasteiger partial charge is 0.350 e. The van der Waals surface area contributed by atoms with Crippen LogP contribution in [0.3, 0.4) is 0 Å². The van der Waals surface area contributed by atoms with E-state index in [-0.39, 0.29) is 23.4 Å². The molecule has 0 radical (unpaired) electrons. The molecular formula is C19H26ClN3OS. The number of aryl methyl sites for hydroxylation is 1. The fourth-order valence-electron chi connectivity index (χ4n) is 4.36. The summed E-state index contributed by atoms with van der Waals surface area (Å²) in [6, 6.07) is 3.88. The normalized spacial score (nSPS) is 19.9. The van der Waals surface area contributed by atoms with E-state index in [4.69, 9.17) is 0 Å². The van der Waals surface area contributed by atoms with Crippen LogP contribution in [-0.4, -0.2) is 34.6 Å². The van der Waals surface area contributed by atoms with E-state index < -0.39 is 0 Å². The molecule has 2 fully saturated rings. The van der Waals surface area contributed by atoms with Crippen LogP contribution < -0.4 is 10.7 Å². The Bertz CT molecular complexity index is 765. The third-order valence-corrected chi connectivity index (χ3v) is 6.39. The van der Waals surface area contributed by atoms with Crippen molar-refractivity contribution in [3.8, 4) is 11.3 Å². The first-order chi connectivity index (χ1) is 11.7. The molecule has 1 aliphatic carbocycles. The van der Waals surface area contributed by atoms with Gasteiger partial charge in [-0.2, -0.15) is 11.3 Å². The predicted molar refractivity (Wildman–Crippen MR) is 107 cm³/mol. The summed E-state index contributed by atoms with van der Waals surface area (Å²) in [6.07, 6.45) is 7.18. The molecule has 0 amide bonds. The van der Waals surface area contributed by atoms with Crippen molar-refractivity contribution in [1.82, 2.24) is 14.8 Å². The van der Waals surface area contributed by atoms with Crippen molar-refractivity contribution < 1.29 is 0 Å². The molecule has 2 aromatic rings. The third-order valence-electron chi connectivity index (χ3n) is 5.71. The number of hydrogen-bond acceptors (Lipinski definition) is 4. The second kappa shape index (κ2) is 7.62. The lowest BCUT2D eigenvalue weighted by molar-refractivity contribution is 0.0568. The van der Waals surface area contributed by atoms with Crippen LogP contribution >= 0.6 is 23.7 Å². The lowest BCUT2D eigenvalue weighted by atomic mass is 9.92. The van der Waals surface area contributed by atoms with Crippen LogP contribution in [0.15, 0.2) is 33.9 Å². The van der Waals surface area contributed by atoms with Gasteiger partial charge in [-0.25, -0.2) is 0 Å². The Kier molecular flexibility index (Phi) is 5.68. The fourth-order valence-corrected chi connectivity index (χ4v) is 5.01. The van der Waals surface area contributed by atoms with Gasteiger partial charge in [-0.15, -0.1) is 12.4 Å². The summed E-state index contributed by atoms with van der Waals surface area (Å²) in [5.74, 6) is 0. The van der Waals surface area contributed by atoms with Gasteiger partial charge in [0, 0.05) is 67.5 Å². The maximum Gasteiger partial charge on any atom is 0.186 e. The second-order valence-corrected chi connectivity index (χ2v) is 7.98. The number of aromatic nitrogens is 1. The number of pyridine rings is 1. The number of halogens is 1. The average molecular weight is 380 g/mol. The molecule has 2 aromatic heterocycles. The monoisotopic (exact) mass is 379 g/mol. The van der Waals surface area contributed by atoms with E-state index in [1.807, 2.05) is 13.2 Å². The molecule has 2 aliphatic rings. The summed E-state index contributed by atoms with van der Waals surface area (Å²) in [4.78, 5) is 15.3. The molecule has 1 N–H and O–H groups in total. The summed E-state index contributed by atoms with van der Waals surface area (Å²) in [7, 11) is 2.04. The van der Waals surface area contributed by atoms with Crippen LogP contribution in [0.25, 0.3) is 11.3 Å². The number of rotatable bonds is 3. The number of hydrogen-bond donors (Lipinski definition) is 1. The zero-order valence-corrected chi connectivity index (χ0v) is 16.3. The lowest BCUT2D eigenvalue weighted by Gasteiger charge is -2.45. The average Bonchev–Trinajstić information content (AvgIpc) is 3.25. The Hall–Kier alpha value is -1.14. The molecule has 1 spiro atoms. The van der Waals surface area contributed by atoms with E-state index in [2.05, 4.69) is 31.6 Å². The van der Waals surface area contributed by atoms with Gasteiger partial charge in [0.05, 0.1) is 5.69 Å². The van der Waals surface area contributed by atoms with E-state index in [1.54, 1.807) is 17.4 Å². The predicted octanol–water partition coefficient (Wildman–Crippen LogP) is 3.25. The molecule has 0 unspecified atom stereocenters. The van der Waals surface area contributed by atoms with Crippen molar-refractivity contribution >= 4 is 23.7 Å². The number of nitrogens with zero attached hydrogens (tertiary/aromatic N) is 2. The van der Waals surface area contributed by atoms with Crippen LogP contribution in [0.4, 0.5) is 0 Å². The molecule has 25 heavy (non-hydrogen) atoms. The van der Waals surface area contributed by atoms with Crippen molar-refractivity contribution in [3.63, 3.8) is 0 Å². The molecule has 0 aromatic carbocycles. The summed E-state index contributed by atoms with van der Waals surface area (Å²) in [5.41, 5.74) is 3.49. The summed E-state index contributed by atoms with van der Waals surface area (Å²) in [5, 5.41) is 7.71. The molecular weight excluding hydrogens is 354 g/mol. The second-order valence-electron chi connectivity index (χ2n) is 7.20. The number of thiophene rings is 1. The maximum absolute atomic E-state index is 12.7. The smallest absolute Gasteiger partial charge is 0.186 e. The van der Waals surface area contributed by atoms with Gasteiger partial charge in [-0.1, -0.05) is 12.8 Å². The minimum Gasteiger partial charge on any atom is -0.350 e. The molecule has 4 rings (SSSR count). The van der Waals surface area contributed by atoms with Crippen LogP contribution in [0.1, 0.15) is 31.2 Å². The minimum absolute atomic E-state index is 0. The van der Waals surface area contributed by atoms with Crippen molar-refractivity contribution in [2.45, 2.75) is 37.8 Å². The Morgan fingerprint density at radius 1 is 1.32 bits per heavy atom. The molecule has 3 heterocycles. The van der Waals surface area contributed by atoms with Gasteiger partial charge in [-0.05, 0) is 24.3 Å². The van der Waals surface area contributed by atoms with E-state index in [1.165, 1.54) is 25.7 Å². The van der Waals surface area contributed by atoms with Crippen LogP contribution in [0.5, 0.6) is 0 Å². The van der Waals surface area contributed by atoms with Gasteiger partial charge in [0.25, 0.3) is 0 Å². The lowest BCUT2D eigenvalue weighted by Crippen LogP contribution is -2.59. The standard InChI is InChI=1S/C19H25N3OS.ClH/c1-21-11-16(18(23)10-17(21)15-4-9-24-13-15)12-22-8-7-20-14-19(22)5-2-3-6-19;/h4,9-11,13,20H,2-3,5-8,12,14H2,1H3;1H. The van der Waals surface area contributed by atoms with Gasteiger partial charge < -0.3 is 9.88 Å². The number of piperazine rings is 1. The highest BCUT2D eigenvalue weighted by Crippen LogP contribution is 2.36. The van der Waals surface area contributed by atoms with Crippen molar-refractivity contribution in [2.24, 2.45) is 7.05 Å². The zero-order valence-electron chi connectivity index (χ0n) is 14.7. The molecule has 1 saturated carbocycles. The Morgan fingerprint density at radius 2 is 2.12 bits per heavy atom. The van der Waals surface area contributed by atoms with Crippen molar-refractivity contribution in [2.75, 3.05) is 19.6 Å². The molecule has 0 atom stereocenters. The Morgan fingerprint density at radius 3 is 2.84 bits per heavy atom. The molecule has 6 heteroatoms. The van der Waals surface area contributed by atoms with E-state index >= 15 is 0 Å². The summed E-state index contributed by atoms with van der Waals surface area (Å²) in [6.45, 7) is 3.91. The van der Waals surface area contributed by atoms with Gasteiger partial charge >= 0.3 is 0 Å². The molecule has 1 saturated heterocycles. The molecule has 1 aliphatic heterocycles. The Labute approximate surface area is 159 Å². The summed E-state index contributed by atoms with van der Waals surface area (Å²) < 4.78 is 2.10. The molecule has 4 nitrogen and oxygen atoms in total. The fraction of sp³-hybridized carbons (Fsp3) is 0.526. The van der Waals surface area contributed by atoms with Gasteiger partial charge in [0.1, 0.15) is 0 Å². The molecule has 0 bridgehead atoms. The van der Waals surface area contributed by atoms with E-state index in [9.17, 15) is 4.79 Å². The van der Waals surface area contributed by atoms with Gasteiger partial charge in [-0.3, -0.25) is 9.69 Å². The molecule has 136 valence electrons.